The van der Waals surface area contributed by atoms with Crippen molar-refractivity contribution in [2.45, 2.75) is 196 Å². The number of carboxylic acid groups (broad SMARTS) is 1. The Morgan fingerprint density at radius 2 is 1.32 bits per heavy atom. The molecule has 3 aliphatic rings. The first-order valence-corrected chi connectivity index (χ1v) is 26.9. The summed E-state index contributed by atoms with van der Waals surface area (Å²) in [5.74, 6) is -7.63. The van der Waals surface area contributed by atoms with Crippen molar-refractivity contribution in [1.82, 2.24) is 0 Å². The molecule has 1 aromatic carbocycles. The lowest BCUT2D eigenvalue weighted by molar-refractivity contribution is -0.308. The predicted octanol–water partition coefficient (Wildman–Crippen LogP) is 3.32. The summed E-state index contributed by atoms with van der Waals surface area (Å²) in [5, 5.41) is 108. The second-order valence-electron chi connectivity index (χ2n) is 21.0. The Balaban J connectivity index is 1.52. The predicted molar refractivity (Wildman–Crippen MR) is 289 cm³/mol. The van der Waals surface area contributed by atoms with E-state index in [0.29, 0.717) is 17.7 Å². The number of aliphatic carboxylic acids is 1. The molecule has 3 aliphatic heterocycles. The Labute approximate surface area is 456 Å². The number of carboxylic acids is 1. The molecule has 2 bridgehead atoms. The molecule has 1 aromatic rings. The highest BCUT2D eigenvalue weighted by Crippen LogP contribution is 2.38. The van der Waals surface area contributed by atoms with Crippen molar-refractivity contribution in [3.05, 3.63) is 115 Å². The highest BCUT2D eigenvalue weighted by molar-refractivity contribution is 5.96. The molecule has 2 saturated heterocycles. The Morgan fingerprint density at radius 3 is 1.91 bits per heavy atom. The van der Waals surface area contributed by atoms with Gasteiger partial charge in [0.05, 0.1) is 67.1 Å². The van der Waals surface area contributed by atoms with Crippen LogP contribution in [0.5, 0.6) is 0 Å². The van der Waals surface area contributed by atoms with E-state index in [2.05, 4.69) is 0 Å². The number of nitrogens with two attached hydrogens (primary N) is 2. The number of allylic oxidation sites excluding steroid dienone is 12. The van der Waals surface area contributed by atoms with Gasteiger partial charge in [-0.25, -0.2) is 0 Å². The number of rotatable bonds is 10. The number of fused-ring (bicyclic) bond motifs is 2. The fourth-order valence-corrected chi connectivity index (χ4v) is 9.84. The van der Waals surface area contributed by atoms with Gasteiger partial charge in [0.15, 0.2) is 17.9 Å². The third-order valence-electron chi connectivity index (χ3n) is 14.1. The number of aliphatic hydroxyl groups is 9. The highest BCUT2D eigenvalue weighted by atomic mass is 16.7. The minimum absolute atomic E-state index is 0.0720. The van der Waals surface area contributed by atoms with Crippen LogP contribution in [0.1, 0.15) is 115 Å². The van der Waals surface area contributed by atoms with Crippen LogP contribution in [0.4, 0.5) is 5.69 Å². The molecule has 2 fully saturated rings. The lowest BCUT2D eigenvalue weighted by Crippen LogP contribution is -2.61. The maximum atomic E-state index is 13.3. The van der Waals surface area contributed by atoms with Crippen LogP contribution >= 0.6 is 0 Å². The molecule has 3 heterocycles. The van der Waals surface area contributed by atoms with E-state index in [9.17, 15) is 70.2 Å². The third-order valence-corrected chi connectivity index (χ3v) is 14.1. The fourth-order valence-electron chi connectivity index (χ4n) is 9.84. The molecule has 18 atom stereocenters. The van der Waals surface area contributed by atoms with Gasteiger partial charge in [-0.1, -0.05) is 98.9 Å². The van der Waals surface area contributed by atoms with Gasteiger partial charge in [-0.3, -0.25) is 19.2 Å². The molecular formula is C58H84N2O18. The molecule has 0 amide bonds. The van der Waals surface area contributed by atoms with Crippen molar-refractivity contribution >= 4 is 29.2 Å². The van der Waals surface area contributed by atoms with E-state index in [1.807, 2.05) is 19.9 Å². The maximum Gasteiger partial charge on any atom is 0.313 e. The number of carbonyl (C=O) groups is 4. The van der Waals surface area contributed by atoms with E-state index in [-0.39, 0.29) is 69.0 Å². The molecule has 434 valence electrons. The summed E-state index contributed by atoms with van der Waals surface area (Å²) in [6.07, 6.45) is 6.31. The van der Waals surface area contributed by atoms with Gasteiger partial charge in [0, 0.05) is 49.3 Å². The second-order valence-corrected chi connectivity index (χ2v) is 21.0. The summed E-state index contributed by atoms with van der Waals surface area (Å²) in [5.41, 5.74) is 12.7. The third kappa shape index (κ3) is 22.6. The largest absolute Gasteiger partial charge is 0.481 e. The summed E-state index contributed by atoms with van der Waals surface area (Å²) < 4.78 is 23.7. The lowest BCUT2D eigenvalue weighted by Gasteiger charge is -2.45. The Morgan fingerprint density at radius 1 is 0.756 bits per heavy atom. The summed E-state index contributed by atoms with van der Waals surface area (Å²) in [6, 6.07) is 5.26. The average molecular weight is 1100 g/mol. The van der Waals surface area contributed by atoms with Gasteiger partial charge in [-0.05, 0) is 82.1 Å². The van der Waals surface area contributed by atoms with Crippen LogP contribution in [0.2, 0.25) is 0 Å². The van der Waals surface area contributed by atoms with Gasteiger partial charge in [-0.2, -0.15) is 0 Å². The van der Waals surface area contributed by atoms with E-state index in [1.165, 1.54) is 13.0 Å². The van der Waals surface area contributed by atoms with Gasteiger partial charge >= 0.3 is 11.9 Å². The molecule has 0 saturated carbocycles. The number of benzene rings is 1. The molecule has 0 aliphatic carbocycles. The highest BCUT2D eigenvalue weighted by Gasteiger charge is 2.51. The first-order chi connectivity index (χ1) is 36.9. The quantitative estimate of drug-likeness (QED) is 0.0692. The van der Waals surface area contributed by atoms with E-state index in [0.717, 1.165) is 0 Å². The monoisotopic (exact) mass is 1100 g/mol. The Kier molecular flexibility index (Phi) is 27.6. The van der Waals surface area contributed by atoms with E-state index < -0.39 is 141 Å². The smallest absolute Gasteiger partial charge is 0.313 e. The molecule has 20 heteroatoms. The minimum Gasteiger partial charge on any atom is -0.481 e. The minimum atomic E-state index is -2.27. The van der Waals surface area contributed by atoms with Crippen LogP contribution in [0.3, 0.4) is 0 Å². The SMILES string of the molecule is CC1C=C/C=C/C=C/C=C/C=C/C=C/C=C/C(O[C@@H]2O[C@H](C)[C@@H](O)[C@H](N)[C@@H]2O)CC2OC(O)(CC(O)CC(O)CCCC(O)CC(O)CC(=O)CC(=O)OC1C(C)CCC(O)CC(=O)c1ccc(N)cc1)CC(O)C2C(=O)O. The topological polar surface area (TPSA) is 360 Å². The normalized spacial score (nSPS) is 37.4. The molecule has 14 N–H and O–H groups in total. The van der Waals surface area contributed by atoms with Gasteiger partial charge in [0.25, 0.3) is 0 Å². The summed E-state index contributed by atoms with van der Waals surface area (Å²) in [4.78, 5) is 51.6. The number of ether oxygens (including phenoxy) is 4. The molecule has 0 radical (unpaired) electrons. The van der Waals surface area contributed by atoms with E-state index >= 15 is 0 Å². The molecule has 20 nitrogen and oxygen atoms in total. The van der Waals surface area contributed by atoms with Crippen LogP contribution < -0.4 is 11.5 Å². The number of esters is 1. The Bertz CT molecular complexity index is 2250. The summed E-state index contributed by atoms with van der Waals surface area (Å²) in [6.45, 7) is 5.23. The fraction of sp³-hybridized carbons (Fsp3) is 0.586. The molecule has 0 spiro atoms. The number of carbonyl (C=O) groups excluding carboxylic acids is 3. The first kappa shape index (κ1) is 65.5. The van der Waals surface area contributed by atoms with Crippen molar-refractivity contribution in [3.8, 4) is 0 Å². The maximum absolute atomic E-state index is 13.3. The number of Topliss-reactive ketones (excluding diaryl/α,β-unsaturated/α-hetero) is 2. The molecule has 4 rings (SSSR count). The van der Waals surface area contributed by atoms with Crippen molar-refractivity contribution in [2.24, 2.45) is 23.5 Å². The Hall–Kier alpha value is -5.04. The second kappa shape index (κ2) is 32.9. The van der Waals surface area contributed by atoms with E-state index in [1.54, 1.807) is 97.2 Å². The van der Waals surface area contributed by atoms with Crippen molar-refractivity contribution in [3.63, 3.8) is 0 Å². The van der Waals surface area contributed by atoms with Gasteiger partial charge in [0.2, 0.25) is 0 Å². The standard InChI is InChI=1S/C58H84N2O18/c1-35-17-14-12-10-8-6-4-5-7-9-11-13-15-20-46(76-57-54(71)52(60)53(70)37(3)75-57)32-49-51(56(72)73)48(68)34-58(74,78-49)33-45(66)28-41(62)19-16-18-40(61)27-43(64)29-44(65)31-50(69)77-55(35)36(2)21-26-42(63)30-47(67)38-22-24-39(59)25-23-38/h4-15,17,20,22-25,35-37,40-43,45-46,48-49,51-55,57,61-64,66,68,70-71,74H,16,18-19,21,26-34,59-60H2,1-3H3,(H,72,73)/b5-4+,8-6+,9-7+,12-10+,13-11+,17-14?,20-15+/t35?,36?,37-,40?,41?,42?,43?,45?,46?,48?,49?,51?,52+,53-,54+,55?,57+,58?/m1/s1. The molecule has 0 aromatic heterocycles. The number of ketones is 2. The van der Waals surface area contributed by atoms with Crippen molar-refractivity contribution in [2.75, 3.05) is 5.73 Å². The number of hydrogen-bond donors (Lipinski definition) is 12. The van der Waals surface area contributed by atoms with Crippen molar-refractivity contribution < 1.29 is 89.2 Å². The van der Waals surface area contributed by atoms with Crippen LogP contribution in [-0.2, 0) is 33.3 Å². The zero-order valence-electron chi connectivity index (χ0n) is 44.8. The number of anilines is 1. The van der Waals surface area contributed by atoms with Crippen LogP contribution in [-0.4, -0.2) is 166 Å². The number of cyclic esters (lactones) is 1. The first-order valence-electron chi connectivity index (χ1n) is 26.9. The van der Waals surface area contributed by atoms with E-state index in [4.69, 9.17) is 30.4 Å². The molecular weight excluding hydrogens is 1010 g/mol. The van der Waals surface area contributed by atoms with Crippen LogP contribution in [0, 0.1) is 17.8 Å². The summed E-state index contributed by atoms with van der Waals surface area (Å²) >= 11 is 0. The number of nitrogen functional groups attached to an aromatic ring is 1. The van der Waals surface area contributed by atoms with Gasteiger partial charge < -0.3 is 81.5 Å². The number of hydrogen-bond acceptors (Lipinski definition) is 19. The summed E-state index contributed by atoms with van der Waals surface area (Å²) in [7, 11) is 0. The number of aliphatic hydroxyl groups excluding tert-OH is 8. The zero-order chi connectivity index (χ0) is 57.5. The lowest BCUT2D eigenvalue weighted by atomic mass is 9.82. The van der Waals surface area contributed by atoms with Crippen molar-refractivity contribution in [1.29, 1.82) is 0 Å². The average Bonchev–Trinajstić information content (AvgIpc) is 3.41. The van der Waals surface area contributed by atoms with Crippen LogP contribution in [0.25, 0.3) is 0 Å². The molecule has 13 unspecified atom stereocenters. The van der Waals surface area contributed by atoms with Gasteiger partial charge in [0.1, 0.15) is 30.3 Å². The van der Waals surface area contributed by atoms with Crippen LogP contribution in [0.15, 0.2) is 109 Å². The molecule has 78 heavy (non-hydrogen) atoms. The van der Waals surface area contributed by atoms with Gasteiger partial charge in [-0.15, -0.1) is 0 Å². The zero-order valence-corrected chi connectivity index (χ0v) is 44.8.